The quantitative estimate of drug-likeness (QED) is 0.123. The molecule has 4 unspecified atom stereocenters. The van der Waals surface area contributed by atoms with Crippen molar-refractivity contribution in [1.82, 2.24) is 25.9 Å². The number of nitrogens with two attached hydrogens (primary N) is 1. The summed E-state index contributed by atoms with van der Waals surface area (Å²) in [6, 6.07) is -5.02. The summed E-state index contributed by atoms with van der Waals surface area (Å²) in [4.78, 5) is 66.7. The Morgan fingerprint density at radius 2 is 1.70 bits per heavy atom. The van der Waals surface area contributed by atoms with Gasteiger partial charge in [-0.25, -0.2) is 9.78 Å². The first-order valence-electron chi connectivity index (χ1n) is 9.77. The zero-order valence-corrected chi connectivity index (χ0v) is 19.5. The smallest absolute Gasteiger partial charge is 0.327 e. The van der Waals surface area contributed by atoms with Gasteiger partial charge in [0, 0.05) is 24.1 Å². The van der Waals surface area contributed by atoms with Crippen molar-refractivity contribution in [1.29, 1.82) is 0 Å². The van der Waals surface area contributed by atoms with Crippen LogP contribution in [-0.4, -0.2) is 91.8 Å². The summed E-state index contributed by atoms with van der Waals surface area (Å²) in [6.07, 6.45) is 4.28. The van der Waals surface area contributed by atoms with Crippen LogP contribution in [0, 0.1) is 0 Å². The number of hydrogen-bond acceptors (Lipinski definition) is 9. The number of carboxylic acid groups (broad SMARTS) is 2. The van der Waals surface area contributed by atoms with E-state index in [0.29, 0.717) is 11.4 Å². The normalized spacial score (nSPS) is 14.4. The van der Waals surface area contributed by atoms with Crippen molar-refractivity contribution in [2.45, 2.75) is 43.4 Å². The van der Waals surface area contributed by atoms with Crippen LogP contribution < -0.4 is 21.7 Å². The molecular formula is C18H28N6O7S2. The summed E-state index contributed by atoms with van der Waals surface area (Å²) in [5.41, 5.74) is 6.52. The molecule has 0 spiro atoms. The zero-order valence-electron chi connectivity index (χ0n) is 17.8. The minimum absolute atomic E-state index is 0.146. The van der Waals surface area contributed by atoms with Crippen LogP contribution in [0.3, 0.4) is 0 Å². The highest BCUT2D eigenvalue weighted by molar-refractivity contribution is 7.98. The summed E-state index contributed by atoms with van der Waals surface area (Å²) < 4.78 is 0. The van der Waals surface area contributed by atoms with Crippen LogP contribution in [0.5, 0.6) is 0 Å². The lowest BCUT2D eigenvalue weighted by molar-refractivity contribution is -0.143. The number of carbonyl (C=O) groups is 5. The van der Waals surface area contributed by atoms with E-state index in [2.05, 4.69) is 38.5 Å². The molecule has 1 heterocycles. The van der Waals surface area contributed by atoms with Gasteiger partial charge in [0.05, 0.1) is 18.8 Å². The number of nitrogens with one attached hydrogen (secondary N) is 4. The fourth-order valence-corrected chi connectivity index (χ4v) is 3.34. The first-order chi connectivity index (χ1) is 15.6. The van der Waals surface area contributed by atoms with E-state index in [0.717, 1.165) is 0 Å². The summed E-state index contributed by atoms with van der Waals surface area (Å²) in [7, 11) is 0. The Labute approximate surface area is 199 Å². The second-order valence-corrected chi connectivity index (χ2v) is 8.32. The van der Waals surface area contributed by atoms with Gasteiger partial charge in [0.25, 0.3) is 0 Å². The molecule has 184 valence electrons. The van der Waals surface area contributed by atoms with Crippen LogP contribution in [0.1, 0.15) is 18.5 Å². The Hall–Kier alpha value is -2.78. The van der Waals surface area contributed by atoms with Gasteiger partial charge < -0.3 is 36.9 Å². The first kappa shape index (κ1) is 28.3. The number of carboxylic acids is 2. The highest BCUT2D eigenvalue weighted by Gasteiger charge is 2.31. The van der Waals surface area contributed by atoms with E-state index in [1.54, 1.807) is 6.26 Å². The lowest BCUT2D eigenvalue weighted by Gasteiger charge is -2.24. The minimum atomic E-state index is -1.57. The number of aromatic amines is 1. The molecule has 3 amide bonds. The molecular weight excluding hydrogens is 476 g/mol. The van der Waals surface area contributed by atoms with Crippen molar-refractivity contribution in [3.05, 3.63) is 18.2 Å². The van der Waals surface area contributed by atoms with Gasteiger partial charge in [-0.3, -0.25) is 19.2 Å². The van der Waals surface area contributed by atoms with E-state index in [-0.39, 0.29) is 18.6 Å². The largest absolute Gasteiger partial charge is 0.481 e. The van der Waals surface area contributed by atoms with Crippen molar-refractivity contribution in [3.63, 3.8) is 0 Å². The van der Waals surface area contributed by atoms with E-state index in [9.17, 15) is 24.0 Å². The molecule has 33 heavy (non-hydrogen) atoms. The Morgan fingerprint density at radius 1 is 1.09 bits per heavy atom. The standard InChI is InChI=1S/C18H28N6O7S2/c1-33-3-2-11(22-15(27)10(19)4-9-6-20-8-21-9)16(28)23-12(5-14(25)26)17(29)24-13(7-32)18(30)31/h6,8,10-13,32H,2-5,7,19H2,1H3,(H,20,21)(H,22,27)(H,23,28)(H,24,29)(H,25,26)(H,30,31). The number of imidazole rings is 1. The third-order valence-electron chi connectivity index (χ3n) is 4.38. The van der Waals surface area contributed by atoms with E-state index >= 15 is 0 Å². The van der Waals surface area contributed by atoms with Gasteiger partial charge >= 0.3 is 11.9 Å². The molecule has 0 saturated carbocycles. The molecule has 0 fully saturated rings. The second-order valence-electron chi connectivity index (χ2n) is 6.97. The van der Waals surface area contributed by atoms with E-state index in [1.165, 1.54) is 24.3 Å². The molecule has 0 aliphatic rings. The number of aliphatic carboxylic acids is 2. The maximum absolute atomic E-state index is 12.8. The number of hydrogen-bond donors (Lipinski definition) is 8. The van der Waals surface area contributed by atoms with Crippen molar-refractivity contribution in [2.75, 3.05) is 17.8 Å². The van der Waals surface area contributed by atoms with E-state index in [4.69, 9.17) is 15.9 Å². The number of thiol groups is 1. The minimum Gasteiger partial charge on any atom is -0.481 e. The molecule has 1 rings (SSSR count). The van der Waals surface area contributed by atoms with Gasteiger partial charge in [-0.15, -0.1) is 0 Å². The zero-order chi connectivity index (χ0) is 25.0. The van der Waals surface area contributed by atoms with Gasteiger partial charge in [-0.05, 0) is 18.4 Å². The predicted octanol–water partition coefficient (Wildman–Crippen LogP) is -2.02. The third kappa shape index (κ3) is 10.1. The average Bonchev–Trinajstić information content (AvgIpc) is 3.26. The van der Waals surface area contributed by atoms with Crippen molar-refractivity contribution in [2.24, 2.45) is 5.73 Å². The number of rotatable bonds is 15. The third-order valence-corrected chi connectivity index (χ3v) is 5.39. The Kier molecular flexibility index (Phi) is 12.3. The second kappa shape index (κ2) is 14.4. The Morgan fingerprint density at radius 3 is 2.21 bits per heavy atom. The number of H-pyrrole nitrogens is 1. The first-order valence-corrected chi connectivity index (χ1v) is 11.8. The number of aromatic nitrogens is 2. The van der Waals surface area contributed by atoms with Crippen molar-refractivity contribution < 1.29 is 34.2 Å². The molecule has 13 nitrogen and oxygen atoms in total. The molecule has 0 aliphatic carbocycles. The van der Waals surface area contributed by atoms with E-state index in [1.807, 2.05) is 0 Å². The molecule has 0 radical (unpaired) electrons. The molecule has 1 aromatic heterocycles. The summed E-state index contributed by atoms with van der Waals surface area (Å²) >= 11 is 5.24. The monoisotopic (exact) mass is 504 g/mol. The summed E-state index contributed by atoms with van der Waals surface area (Å²) in [5, 5.41) is 25.1. The topological polar surface area (TPSA) is 217 Å². The SMILES string of the molecule is CSCCC(NC(=O)C(N)Cc1cnc[nH]1)C(=O)NC(CC(=O)O)C(=O)NC(CS)C(=O)O. The van der Waals surface area contributed by atoms with Gasteiger partial charge in [0.15, 0.2) is 0 Å². The highest BCUT2D eigenvalue weighted by Crippen LogP contribution is 2.05. The fraction of sp³-hybridized carbons (Fsp3) is 0.556. The van der Waals surface area contributed by atoms with E-state index < -0.39 is 60.2 Å². The van der Waals surface area contributed by atoms with Crippen LogP contribution in [0.4, 0.5) is 0 Å². The lowest BCUT2D eigenvalue weighted by Crippen LogP contribution is -2.58. The molecule has 0 aliphatic heterocycles. The van der Waals surface area contributed by atoms with Crippen molar-refractivity contribution >= 4 is 54.1 Å². The Bertz CT molecular complexity index is 823. The molecule has 0 aromatic carbocycles. The molecule has 0 bridgehead atoms. The van der Waals surface area contributed by atoms with Crippen LogP contribution in [0.2, 0.25) is 0 Å². The van der Waals surface area contributed by atoms with Gasteiger partial charge in [0.2, 0.25) is 17.7 Å². The van der Waals surface area contributed by atoms with Crippen molar-refractivity contribution in [3.8, 4) is 0 Å². The molecule has 1 aromatic rings. The number of carbonyl (C=O) groups excluding carboxylic acids is 3. The van der Waals surface area contributed by atoms with Crippen LogP contribution in [-0.2, 0) is 30.4 Å². The molecule has 8 N–H and O–H groups in total. The maximum Gasteiger partial charge on any atom is 0.327 e. The summed E-state index contributed by atoms with van der Waals surface area (Å²) in [6.45, 7) is 0. The molecule has 0 saturated heterocycles. The molecule has 4 atom stereocenters. The van der Waals surface area contributed by atoms with Crippen LogP contribution >= 0.6 is 24.4 Å². The van der Waals surface area contributed by atoms with Gasteiger partial charge in [-0.2, -0.15) is 24.4 Å². The molecule has 15 heteroatoms. The lowest BCUT2D eigenvalue weighted by atomic mass is 10.1. The number of amides is 3. The predicted molar refractivity (Wildman–Crippen MR) is 123 cm³/mol. The maximum atomic E-state index is 12.8. The van der Waals surface area contributed by atoms with Crippen LogP contribution in [0.25, 0.3) is 0 Å². The van der Waals surface area contributed by atoms with Crippen LogP contribution in [0.15, 0.2) is 12.5 Å². The number of nitrogens with zero attached hydrogens (tertiary/aromatic N) is 1. The Balaban J connectivity index is 2.89. The highest BCUT2D eigenvalue weighted by atomic mass is 32.2. The van der Waals surface area contributed by atoms with Gasteiger partial charge in [0.1, 0.15) is 18.1 Å². The fourth-order valence-electron chi connectivity index (χ4n) is 2.62. The number of thioether (sulfide) groups is 1. The average molecular weight is 505 g/mol. The summed E-state index contributed by atoms with van der Waals surface area (Å²) in [5.74, 6) is -4.94. The van der Waals surface area contributed by atoms with Gasteiger partial charge in [-0.1, -0.05) is 0 Å².